The topological polar surface area (TPSA) is 12.0 Å². The van der Waals surface area contributed by atoms with Crippen molar-refractivity contribution < 1.29 is 0 Å². The van der Waals surface area contributed by atoms with Gasteiger partial charge in [-0.25, -0.2) is 0 Å². The summed E-state index contributed by atoms with van der Waals surface area (Å²) < 4.78 is 0. The van der Waals surface area contributed by atoms with Crippen molar-refractivity contribution in [3.05, 3.63) is 0 Å². The van der Waals surface area contributed by atoms with Crippen LogP contribution in [0.4, 0.5) is 0 Å². The van der Waals surface area contributed by atoms with Crippen LogP contribution in [0.5, 0.6) is 0 Å². The first-order valence-electron chi connectivity index (χ1n) is 7.88. The highest BCUT2D eigenvalue weighted by atomic mass is 14.9. The van der Waals surface area contributed by atoms with Crippen LogP contribution in [0, 0.1) is 11.8 Å². The van der Waals surface area contributed by atoms with E-state index in [0.29, 0.717) is 0 Å². The molecule has 17 heavy (non-hydrogen) atoms. The summed E-state index contributed by atoms with van der Waals surface area (Å²) in [5.74, 6) is 1.72. The Bertz CT molecular complexity index is 150. The van der Waals surface area contributed by atoms with Crippen LogP contribution in [0.3, 0.4) is 0 Å². The number of hydrogen-bond donors (Lipinski definition) is 1. The van der Waals surface area contributed by atoms with Gasteiger partial charge in [-0.3, -0.25) is 0 Å². The number of rotatable bonds is 11. The van der Waals surface area contributed by atoms with E-state index in [1.807, 2.05) is 0 Å². The van der Waals surface area contributed by atoms with Gasteiger partial charge in [-0.1, -0.05) is 60.3 Å². The third-order valence-electron chi connectivity index (χ3n) is 3.85. The van der Waals surface area contributed by atoms with Gasteiger partial charge in [0.25, 0.3) is 0 Å². The van der Waals surface area contributed by atoms with Crippen LogP contribution < -0.4 is 5.32 Å². The van der Waals surface area contributed by atoms with E-state index in [2.05, 4.69) is 39.9 Å². The highest BCUT2D eigenvalue weighted by molar-refractivity contribution is 4.74. The molecule has 0 fully saturated rings. The van der Waals surface area contributed by atoms with Crippen LogP contribution in [0.1, 0.15) is 79.6 Å². The van der Waals surface area contributed by atoms with E-state index in [9.17, 15) is 0 Å². The first-order chi connectivity index (χ1) is 8.15. The first kappa shape index (κ1) is 17.0. The smallest absolute Gasteiger partial charge is 0.00951 e. The van der Waals surface area contributed by atoms with E-state index < -0.39 is 0 Å². The molecular weight excluding hydrogens is 206 g/mol. The monoisotopic (exact) mass is 241 g/mol. The Kier molecular flexibility index (Phi) is 11.0. The van der Waals surface area contributed by atoms with E-state index in [4.69, 9.17) is 0 Å². The molecule has 0 aromatic heterocycles. The summed E-state index contributed by atoms with van der Waals surface area (Å²) in [5.41, 5.74) is 0. The second-order valence-corrected chi connectivity index (χ2v) is 5.82. The molecule has 0 saturated carbocycles. The number of unbranched alkanes of at least 4 members (excludes halogenated alkanes) is 1. The van der Waals surface area contributed by atoms with Gasteiger partial charge in [0.1, 0.15) is 0 Å². The Morgan fingerprint density at radius 2 is 1.53 bits per heavy atom. The van der Waals surface area contributed by atoms with Crippen LogP contribution >= 0.6 is 0 Å². The molecule has 1 N–H and O–H groups in total. The average Bonchev–Trinajstić information content (AvgIpc) is 2.31. The lowest BCUT2D eigenvalue weighted by molar-refractivity contribution is 0.308. The van der Waals surface area contributed by atoms with Crippen molar-refractivity contribution in [2.24, 2.45) is 11.8 Å². The molecule has 1 heteroatoms. The maximum Gasteiger partial charge on any atom is 0.00951 e. The van der Waals surface area contributed by atoms with Gasteiger partial charge in [0.05, 0.1) is 0 Å². The Morgan fingerprint density at radius 1 is 0.882 bits per heavy atom. The van der Waals surface area contributed by atoms with Crippen LogP contribution in [-0.4, -0.2) is 12.6 Å². The van der Waals surface area contributed by atoms with Crippen molar-refractivity contribution in [2.75, 3.05) is 6.54 Å². The van der Waals surface area contributed by atoms with Gasteiger partial charge in [-0.2, -0.15) is 0 Å². The van der Waals surface area contributed by atoms with Crippen molar-refractivity contribution in [1.82, 2.24) is 5.32 Å². The van der Waals surface area contributed by atoms with Crippen molar-refractivity contribution in [3.63, 3.8) is 0 Å². The van der Waals surface area contributed by atoms with E-state index in [1.54, 1.807) is 0 Å². The van der Waals surface area contributed by atoms with Crippen molar-refractivity contribution in [2.45, 2.75) is 85.6 Å². The molecular formula is C16H35N. The summed E-state index contributed by atoms with van der Waals surface area (Å²) in [6, 6.07) is 0.761. The zero-order valence-corrected chi connectivity index (χ0v) is 12.9. The van der Waals surface area contributed by atoms with Gasteiger partial charge < -0.3 is 5.32 Å². The fraction of sp³-hybridized carbons (Fsp3) is 1.00. The van der Waals surface area contributed by atoms with Gasteiger partial charge in [-0.05, 0) is 37.6 Å². The zero-order valence-electron chi connectivity index (χ0n) is 12.9. The molecule has 1 nitrogen and oxygen atoms in total. The first-order valence-corrected chi connectivity index (χ1v) is 7.88. The Balaban J connectivity index is 3.91. The molecule has 0 aromatic rings. The van der Waals surface area contributed by atoms with E-state index in [1.165, 1.54) is 51.5 Å². The molecule has 104 valence electrons. The second-order valence-electron chi connectivity index (χ2n) is 5.82. The van der Waals surface area contributed by atoms with Crippen molar-refractivity contribution in [3.8, 4) is 0 Å². The minimum absolute atomic E-state index is 0.761. The highest BCUT2D eigenvalue weighted by Crippen LogP contribution is 2.18. The highest BCUT2D eigenvalue weighted by Gasteiger charge is 2.16. The minimum Gasteiger partial charge on any atom is -0.314 e. The van der Waals surface area contributed by atoms with Gasteiger partial charge in [0.15, 0.2) is 0 Å². The van der Waals surface area contributed by atoms with Crippen molar-refractivity contribution >= 4 is 0 Å². The maximum absolute atomic E-state index is 3.81. The fourth-order valence-corrected chi connectivity index (χ4v) is 2.58. The van der Waals surface area contributed by atoms with E-state index >= 15 is 0 Å². The molecule has 1 unspecified atom stereocenters. The normalized spacial score (nSPS) is 13.6. The molecule has 0 aliphatic heterocycles. The second kappa shape index (κ2) is 11.1. The Morgan fingerprint density at radius 3 is 2.00 bits per heavy atom. The summed E-state index contributed by atoms with van der Waals surface area (Å²) in [4.78, 5) is 0. The fourth-order valence-electron chi connectivity index (χ4n) is 2.58. The summed E-state index contributed by atoms with van der Waals surface area (Å²) in [5, 5.41) is 3.81. The summed E-state index contributed by atoms with van der Waals surface area (Å²) in [6.45, 7) is 12.8. The largest absolute Gasteiger partial charge is 0.314 e. The predicted molar refractivity (Wildman–Crippen MR) is 79.5 cm³/mol. The van der Waals surface area contributed by atoms with Crippen LogP contribution in [-0.2, 0) is 0 Å². The molecule has 0 aliphatic rings. The molecule has 0 spiro atoms. The molecule has 0 aliphatic carbocycles. The van der Waals surface area contributed by atoms with E-state index in [-0.39, 0.29) is 0 Å². The van der Waals surface area contributed by atoms with Gasteiger partial charge in [0.2, 0.25) is 0 Å². The summed E-state index contributed by atoms with van der Waals surface area (Å²) >= 11 is 0. The zero-order chi connectivity index (χ0) is 13.1. The number of nitrogens with one attached hydrogen (secondary N) is 1. The molecule has 0 aromatic carbocycles. The molecule has 0 saturated heterocycles. The standard InChI is InChI=1S/C16H35N/c1-6-9-12-16(15(7-2)8-3)17-13-10-11-14(4)5/h14-17H,6-13H2,1-5H3. The van der Waals surface area contributed by atoms with Gasteiger partial charge >= 0.3 is 0 Å². The SMILES string of the molecule is CCCCC(NCCCC(C)C)C(CC)CC. The number of hydrogen-bond acceptors (Lipinski definition) is 1. The summed E-state index contributed by atoms with van der Waals surface area (Å²) in [7, 11) is 0. The third kappa shape index (κ3) is 8.65. The van der Waals surface area contributed by atoms with Gasteiger partial charge in [-0.15, -0.1) is 0 Å². The summed E-state index contributed by atoms with van der Waals surface area (Å²) in [6.07, 6.45) is 9.40. The van der Waals surface area contributed by atoms with Crippen LogP contribution in [0.15, 0.2) is 0 Å². The molecule has 0 amide bonds. The predicted octanol–water partition coefficient (Wildman–Crippen LogP) is 5.01. The van der Waals surface area contributed by atoms with E-state index in [0.717, 1.165) is 17.9 Å². The molecule has 0 bridgehead atoms. The molecule has 0 radical (unpaired) electrons. The molecule has 1 atom stereocenters. The van der Waals surface area contributed by atoms with Crippen molar-refractivity contribution in [1.29, 1.82) is 0 Å². The quantitative estimate of drug-likeness (QED) is 0.502. The minimum atomic E-state index is 0.761. The lowest BCUT2D eigenvalue weighted by atomic mass is 9.90. The maximum atomic E-state index is 3.81. The molecule has 0 heterocycles. The Hall–Kier alpha value is -0.0400. The lowest BCUT2D eigenvalue weighted by Gasteiger charge is -2.26. The lowest BCUT2D eigenvalue weighted by Crippen LogP contribution is -2.36. The van der Waals surface area contributed by atoms with Crippen LogP contribution in [0.2, 0.25) is 0 Å². The average molecular weight is 241 g/mol. The van der Waals surface area contributed by atoms with Gasteiger partial charge in [0, 0.05) is 6.04 Å². The third-order valence-corrected chi connectivity index (χ3v) is 3.85. The van der Waals surface area contributed by atoms with Crippen LogP contribution in [0.25, 0.3) is 0 Å². The molecule has 0 rings (SSSR count). The Labute approximate surface area is 110 Å².